The number of esters is 1. The van der Waals surface area contributed by atoms with E-state index in [0.717, 1.165) is 0 Å². The van der Waals surface area contributed by atoms with E-state index in [1.807, 2.05) is 0 Å². The van der Waals surface area contributed by atoms with Crippen molar-refractivity contribution >= 4 is 11.9 Å². The highest BCUT2D eigenvalue weighted by molar-refractivity contribution is 5.78. The van der Waals surface area contributed by atoms with Gasteiger partial charge in [0, 0.05) is 26.7 Å². The molecule has 4 rings (SSSR count). The molecule has 4 fully saturated rings. The monoisotopic (exact) mass is 518 g/mol. The second-order valence-electron chi connectivity index (χ2n) is 10.4. The second-order valence-corrected chi connectivity index (χ2v) is 10.4. The topological polar surface area (TPSA) is 155 Å². The Balaban J connectivity index is 1.41. The summed E-state index contributed by atoms with van der Waals surface area (Å²) in [7, 11) is 4.31. The third kappa shape index (κ3) is 5.54. The summed E-state index contributed by atoms with van der Waals surface area (Å²) in [6.45, 7) is 7.12. The van der Waals surface area contributed by atoms with Crippen LogP contribution in [0.2, 0.25) is 0 Å². The number of rotatable bonds is 9. The van der Waals surface area contributed by atoms with E-state index in [2.05, 4.69) is 5.32 Å². The molecule has 36 heavy (non-hydrogen) atoms. The fourth-order valence-corrected chi connectivity index (χ4v) is 5.32. The third-order valence-corrected chi connectivity index (χ3v) is 6.80. The molecule has 0 saturated carbocycles. The van der Waals surface area contributed by atoms with Crippen LogP contribution in [0.3, 0.4) is 0 Å². The minimum absolute atomic E-state index is 0.109. The van der Waals surface area contributed by atoms with E-state index >= 15 is 0 Å². The summed E-state index contributed by atoms with van der Waals surface area (Å²) in [5.41, 5.74) is 6.37. The molecule has 13 nitrogen and oxygen atoms in total. The van der Waals surface area contributed by atoms with Gasteiger partial charge in [-0.1, -0.05) is 0 Å². The Labute approximate surface area is 210 Å². The number of nitrogens with two attached hydrogens (primary N) is 1. The minimum Gasteiger partial charge on any atom is -0.469 e. The molecule has 0 aromatic heterocycles. The number of carbonyl (C=O) groups excluding carboxylic acids is 2. The molecule has 10 unspecified atom stereocenters. The summed E-state index contributed by atoms with van der Waals surface area (Å²) in [5.74, 6) is -2.58. The van der Waals surface area contributed by atoms with Crippen molar-refractivity contribution in [3.05, 3.63) is 0 Å². The predicted molar refractivity (Wildman–Crippen MR) is 120 cm³/mol. The molecule has 206 valence electrons. The van der Waals surface area contributed by atoms with Crippen molar-refractivity contribution in [3.63, 3.8) is 0 Å². The number of carbonyl (C=O) groups is 2. The van der Waals surface area contributed by atoms with Gasteiger partial charge >= 0.3 is 5.97 Å². The first-order chi connectivity index (χ1) is 16.9. The average molecular weight is 519 g/mol. The van der Waals surface area contributed by atoms with Gasteiger partial charge in [-0.05, 0) is 27.7 Å². The van der Waals surface area contributed by atoms with Crippen LogP contribution in [-0.2, 0) is 52.2 Å². The highest BCUT2D eigenvalue weighted by Crippen LogP contribution is 2.41. The number of hydrogen-bond acceptors (Lipinski definition) is 12. The number of nitrogens with one attached hydrogen (secondary N) is 1. The Morgan fingerprint density at radius 2 is 1.33 bits per heavy atom. The molecule has 1 amide bonds. The lowest BCUT2D eigenvalue weighted by atomic mass is 9.98. The fourth-order valence-electron chi connectivity index (χ4n) is 5.32. The quantitative estimate of drug-likeness (QED) is 0.379. The molecule has 0 radical (unpaired) electrons. The Hall–Kier alpha value is -1.42. The van der Waals surface area contributed by atoms with Gasteiger partial charge in [0.2, 0.25) is 5.91 Å². The molecule has 3 N–H and O–H groups in total. The summed E-state index contributed by atoms with van der Waals surface area (Å²) in [6.07, 6.45) is -5.05. The molecule has 4 aliphatic heterocycles. The highest BCUT2D eigenvalue weighted by Gasteiger charge is 2.58. The van der Waals surface area contributed by atoms with E-state index in [-0.39, 0.29) is 12.8 Å². The molecule has 0 aliphatic carbocycles. The van der Waals surface area contributed by atoms with Crippen molar-refractivity contribution in [3.8, 4) is 0 Å². The number of ether oxygens (including phenoxy) is 9. The Kier molecular flexibility index (Phi) is 7.97. The van der Waals surface area contributed by atoms with Gasteiger partial charge in [-0.25, -0.2) is 0 Å². The fraction of sp³-hybridized carbons (Fsp3) is 0.913. The van der Waals surface area contributed by atoms with Crippen molar-refractivity contribution in [2.45, 2.75) is 113 Å². The van der Waals surface area contributed by atoms with Gasteiger partial charge in [-0.15, -0.1) is 0 Å². The molecule has 0 aromatic rings. The lowest BCUT2D eigenvalue weighted by molar-refractivity contribution is -0.220. The van der Waals surface area contributed by atoms with Gasteiger partial charge in [0.1, 0.15) is 36.6 Å². The number of fused-ring (bicyclic) bond motifs is 2. The highest BCUT2D eigenvalue weighted by atomic mass is 16.9. The van der Waals surface area contributed by atoms with E-state index < -0.39 is 84.7 Å². The van der Waals surface area contributed by atoms with Crippen LogP contribution in [0.1, 0.15) is 40.5 Å². The predicted octanol–water partition coefficient (Wildman–Crippen LogP) is -0.465. The lowest BCUT2D eigenvalue weighted by Gasteiger charge is -2.31. The molecule has 4 saturated heterocycles. The largest absolute Gasteiger partial charge is 0.469 e. The van der Waals surface area contributed by atoms with Crippen LogP contribution in [0.4, 0.5) is 0 Å². The number of amides is 1. The zero-order valence-corrected chi connectivity index (χ0v) is 21.8. The zero-order valence-electron chi connectivity index (χ0n) is 21.8. The van der Waals surface area contributed by atoms with Gasteiger partial charge in [0.05, 0.1) is 19.6 Å². The van der Waals surface area contributed by atoms with Crippen LogP contribution in [-0.4, -0.2) is 106 Å². The molecule has 0 bridgehead atoms. The smallest absolute Gasteiger partial charge is 0.307 e. The summed E-state index contributed by atoms with van der Waals surface area (Å²) in [5, 5.41) is 2.85. The van der Waals surface area contributed by atoms with Crippen LogP contribution in [0, 0.1) is 0 Å². The van der Waals surface area contributed by atoms with Crippen LogP contribution in [0.5, 0.6) is 0 Å². The van der Waals surface area contributed by atoms with E-state index in [4.69, 9.17) is 48.4 Å². The summed E-state index contributed by atoms with van der Waals surface area (Å²) in [4.78, 5) is 25.2. The summed E-state index contributed by atoms with van der Waals surface area (Å²) < 4.78 is 51.4. The SMILES string of the molecule is COC(=O)CC(NC(=O)CC(N)C1OC2OC(C)(C)OC2C1OC)C1OC2OC(C)(C)OC2C1OC. The Morgan fingerprint density at radius 3 is 1.83 bits per heavy atom. The summed E-state index contributed by atoms with van der Waals surface area (Å²) >= 11 is 0. The molecule has 13 heteroatoms. The zero-order chi connectivity index (χ0) is 26.4. The number of methoxy groups -OCH3 is 3. The molecule has 4 aliphatic rings. The normalized spacial score (nSPS) is 39.9. The Bertz CT molecular complexity index is 824. The molecule has 4 heterocycles. The molecular formula is C23H38N2O11. The maximum atomic E-state index is 13.1. The molecular weight excluding hydrogens is 480 g/mol. The van der Waals surface area contributed by atoms with E-state index in [0.29, 0.717) is 0 Å². The van der Waals surface area contributed by atoms with Gasteiger partial charge in [0.15, 0.2) is 24.2 Å². The average Bonchev–Trinajstić information content (AvgIpc) is 3.46. The third-order valence-electron chi connectivity index (χ3n) is 6.80. The Morgan fingerprint density at radius 1 is 0.833 bits per heavy atom. The lowest BCUT2D eigenvalue weighted by Crippen LogP contribution is -2.53. The van der Waals surface area contributed by atoms with Crippen molar-refractivity contribution in [1.82, 2.24) is 5.32 Å². The van der Waals surface area contributed by atoms with Gasteiger partial charge in [-0.2, -0.15) is 0 Å². The van der Waals surface area contributed by atoms with Gasteiger partial charge in [-0.3, -0.25) is 9.59 Å². The van der Waals surface area contributed by atoms with Crippen LogP contribution < -0.4 is 11.1 Å². The van der Waals surface area contributed by atoms with E-state index in [1.165, 1.54) is 21.3 Å². The van der Waals surface area contributed by atoms with E-state index in [9.17, 15) is 9.59 Å². The molecule has 0 aromatic carbocycles. The van der Waals surface area contributed by atoms with Gasteiger partial charge in [0.25, 0.3) is 0 Å². The molecule has 0 spiro atoms. The first kappa shape index (κ1) is 27.6. The maximum Gasteiger partial charge on any atom is 0.307 e. The van der Waals surface area contributed by atoms with Crippen LogP contribution in [0.25, 0.3) is 0 Å². The second kappa shape index (κ2) is 10.4. The molecule has 10 atom stereocenters. The standard InChI is InChI=1S/C23H38N2O11/c1-22(2)33-18-16(29-6)14(31-20(18)35-22)10(24)8-12(26)25-11(9-13(27)28-5)15-17(30-7)19-21(32-15)36-23(3,4)34-19/h10-11,14-21H,8-9,24H2,1-7H3,(H,25,26). The maximum absolute atomic E-state index is 13.1. The minimum atomic E-state index is -0.842. The van der Waals surface area contributed by atoms with Crippen molar-refractivity contribution in [1.29, 1.82) is 0 Å². The van der Waals surface area contributed by atoms with E-state index in [1.54, 1.807) is 27.7 Å². The van der Waals surface area contributed by atoms with Gasteiger partial charge < -0.3 is 53.7 Å². The first-order valence-electron chi connectivity index (χ1n) is 12.1. The van der Waals surface area contributed by atoms with Crippen molar-refractivity contribution in [2.24, 2.45) is 5.73 Å². The van der Waals surface area contributed by atoms with Crippen LogP contribution in [0.15, 0.2) is 0 Å². The number of hydrogen-bond donors (Lipinski definition) is 2. The van der Waals surface area contributed by atoms with Crippen LogP contribution >= 0.6 is 0 Å². The summed E-state index contributed by atoms with van der Waals surface area (Å²) in [6, 6.07) is -1.51. The van der Waals surface area contributed by atoms with Crippen molar-refractivity contribution in [2.75, 3.05) is 21.3 Å². The van der Waals surface area contributed by atoms with Crippen molar-refractivity contribution < 1.29 is 52.2 Å². The first-order valence-corrected chi connectivity index (χ1v) is 12.1.